The minimum atomic E-state index is -0.433. The smallest absolute Gasteiger partial charge is 0.341 e. The van der Waals surface area contributed by atoms with Crippen LogP contribution in [0.3, 0.4) is 0 Å². The maximum Gasteiger partial charge on any atom is 0.341 e. The molecular weight excluding hydrogens is 242 g/mol. The second kappa shape index (κ2) is 6.20. The molecule has 1 aromatic rings. The van der Waals surface area contributed by atoms with Crippen LogP contribution in [-0.2, 0) is 9.53 Å². The molecule has 0 aliphatic carbocycles. The van der Waals surface area contributed by atoms with Crippen LogP contribution in [0, 0.1) is 0 Å². The SMILES string of the molecule is CCOC(=O)C(=CN(C)C)c1cnc(Cl)cn1. The maximum atomic E-state index is 11.7. The molecule has 1 heterocycles. The average molecular weight is 256 g/mol. The molecule has 1 aromatic heterocycles. The van der Waals surface area contributed by atoms with Crippen molar-refractivity contribution in [1.82, 2.24) is 14.9 Å². The number of aromatic nitrogens is 2. The zero-order valence-electron chi connectivity index (χ0n) is 9.98. The highest BCUT2D eigenvalue weighted by Gasteiger charge is 2.15. The van der Waals surface area contributed by atoms with Gasteiger partial charge in [-0.3, -0.25) is 4.98 Å². The van der Waals surface area contributed by atoms with E-state index in [1.165, 1.54) is 12.4 Å². The van der Waals surface area contributed by atoms with Crippen molar-refractivity contribution in [1.29, 1.82) is 0 Å². The summed E-state index contributed by atoms with van der Waals surface area (Å²) >= 11 is 5.64. The van der Waals surface area contributed by atoms with Crippen molar-refractivity contribution >= 4 is 23.1 Å². The van der Waals surface area contributed by atoms with Gasteiger partial charge in [-0.1, -0.05) is 11.6 Å². The molecule has 0 saturated heterocycles. The van der Waals surface area contributed by atoms with Crippen molar-refractivity contribution in [2.45, 2.75) is 6.92 Å². The van der Waals surface area contributed by atoms with Gasteiger partial charge >= 0.3 is 5.97 Å². The number of hydrogen-bond donors (Lipinski definition) is 0. The van der Waals surface area contributed by atoms with E-state index in [1.807, 2.05) is 14.1 Å². The summed E-state index contributed by atoms with van der Waals surface area (Å²) in [5.74, 6) is -0.433. The lowest BCUT2D eigenvalue weighted by atomic mass is 10.2. The topological polar surface area (TPSA) is 55.3 Å². The van der Waals surface area contributed by atoms with Gasteiger partial charge in [-0.25, -0.2) is 9.78 Å². The molecule has 0 fully saturated rings. The number of halogens is 1. The molecule has 0 bridgehead atoms. The Balaban J connectivity index is 3.06. The zero-order chi connectivity index (χ0) is 12.8. The Hall–Kier alpha value is -1.62. The van der Waals surface area contributed by atoms with Gasteiger partial charge in [-0.05, 0) is 6.92 Å². The first kappa shape index (κ1) is 13.4. The fourth-order valence-electron chi connectivity index (χ4n) is 1.14. The monoisotopic (exact) mass is 255 g/mol. The molecule has 0 amide bonds. The van der Waals surface area contributed by atoms with Gasteiger partial charge in [0.25, 0.3) is 0 Å². The fourth-order valence-corrected chi connectivity index (χ4v) is 1.24. The number of rotatable bonds is 4. The Labute approximate surface area is 105 Å². The molecule has 92 valence electrons. The zero-order valence-corrected chi connectivity index (χ0v) is 10.7. The molecule has 17 heavy (non-hydrogen) atoms. The van der Waals surface area contributed by atoms with E-state index in [-0.39, 0.29) is 5.15 Å². The molecular formula is C11H14ClN3O2. The maximum absolute atomic E-state index is 11.7. The standard InChI is InChI=1S/C11H14ClN3O2/c1-4-17-11(16)8(7-15(2)3)9-5-14-10(12)6-13-9/h5-7H,4H2,1-3H3. The highest BCUT2D eigenvalue weighted by atomic mass is 35.5. The van der Waals surface area contributed by atoms with Crippen LogP contribution in [0.1, 0.15) is 12.6 Å². The molecule has 0 radical (unpaired) electrons. The quantitative estimate of drug-likeness (QED) is 0.604. The third kappa shape index (κ3) is 4.03. The van der Waals surface area contributed by atoms with Crippen LogP contribution in [0.4, 0.5) is 0 Å². The number of carbonyl (C=O) groups is 1. The van der Waals surface area contributed by atoms with Crippen molar-refractivity contribution in [2.24, 2.45) is 0 Å². The van der Waals surface area contributed by atoms with Gasteiger partial charge in [0.05, 0.1) is 24.7 Å². The highest BCUT2D eigenvalue weighted by molar-refractivity contribution is 6.29. The number of hydrogen-bond acceptors (Lipinski definition) is 5. The summed E-state index contributed by atoms with van der Waals surface area (Å²) in [5, 5.41) is 0.279. The Morgan fingerprint density at radius 1 is 1.47 bits per heavy atom. The Morgan fingerprint density at radius 2 is 2.18 bits per heavy atom. The van der Waals surface area contributed by atoms with Crippen LogP contribution in [0.5, 0.6) is 0 Å². The lowest BCUT2D eigenvalue weighted by Gasteiger charge is -2.10. The van der Waals surface area contributed by atoms with Gasteiger partial charge < -0.3 is 9.64 Å². The van der Waals surface area contributed by atoms with Crippen molar-refractivity contribution < 1.29 is 9.53 Å². The molecule has 0 unspecified atom stereocenters. The van der Waals surface area contributed by atoms with Gasteiger partial charge in [-0.15, -0.1) is 0 Å². The summed E-state index contributed by atoms with van der Waals surface area (Å²) < 4.78 is 4.95. The van der Waals surface area contributed by atoms with Crippen LogP contribution in [-0.4, -0.2) is 41.5 Å². The first-order valence-electron chi connectivity index (χ1n) is 5.08. The fraction of sp³-hybridized carbons (Fsp3) is 0.364. The minimum Gasteiger partial charge on any atom is -0.462 e. The molecule has 0 aliphatic rings. The molecule has 0 aliphatic heterocycles. The molecule has 0 N–H and O–H groups in total. The van der Waals surface area contributed by atoms with E-state index < -0.39 is 5.97 Å². The Bertz CT molecular complexity index is 415. The van der Waals surface area contributed by atoms with Crippen LogP contribution in [0.2, 0.25) is 5.15 Å². The van der Waals surface area contributed by atoms with E-state index in [4.69, 9.17) is 16.3 Å². The lowest BCUT2D eigenvalue weighted by molar-refractivity contribution is -0.136. The molecule has 5 nitrogen and oxygen atoms in total. The van der Waals surface area contributed by atoms with E-state index >= 15 is 0 Å². The van der Waals surface area contributed by atoms with Crippen LogP contribution < -0.4 is 0 Å². The van der Waals surface area contributed by atoms with Crippen LogP contribution >= 0.6 is 11.6 Å². The van der Waals surface area contributed by atoms with Gasteiger partial charge in [-0.2, -0.15) is 0 Å². The summed E-state index contributed by atoms with van der Waals surface area (Å²) in [5.41, 5.74) is 0.780. The predicted octanol–water partition coefficient (Wildman–Crippen LogP) is 1.60. The largest absolute Gasteiger partial charge is 0.462 e. The predicted molar refractivity (Wildman–Crippen MR) is 65.3 cm³/mol. The van der Waals surface area contributed by atoms with E-state index in [1.54, 1.807) is 18.0 Å². The van der Waals surface area contributed by atoms with E-state index in [0.717, 1.165) is 0 Å². The number of carbonyl (C=O) groups excluding carboxylic acids is 1. The van der Waals surface area contributed by atoms with E-state index in [9.17, 15) is 4.79 Å². The van der Waals surface area contributed by atoms with Crippen molar-refractivity contribution in [3.05, 3.63) is 29.4 Å². The second-order valence-corrected chi connectivity index (χ2v) is 3.84. The summed E-state index contributed by atoms with van der Waals surface area (Å²) in [7, 11) is 3.62. The summed E-state index contributed by atoms with van der Waals surface area (Å²) in [6.07, 6.45) is 4.46. The molecule has 0 spiro atoms. The van der Waals surface area contributed by atoms with Crippen molar-refractivity contribution in [2.75, 3.05) is 20.7 Å². The van der Waals surface area contributed by atoms with E-state index in [2.05, 4.69) is 9.97 Å². The van der Waals surface area contributed by atoms with Crippen LogP contribution in [0.25, 0.3) is 5.57 Å². The number of nitrogens with zero attached hydrogens (tertiary/aromatic N) is 3. The molecule has 6 heteroatoms. The Morgan fingerprint density at radius 3 is 2.65 bits per heavy atom. The summed E-state index contributed by atoms with van der Waals surface area (Å²) in [6, 6.07) is 0. The molecule has 0 atom stereocenters. The average Bonchev–Trinajstić information content (AvgIpc) is 2.27. The number of esters is 1. The third-order valence-electron chi connectivity index (χ3n) is 1.78. The first-order chi connectivity index (χ1) is 8.04. The van der Waals surface area contributed by atoms with Crippen LogP contribution in [0.15, 0.2) is 18.6 Å². The highest BCUT2D eigenvalue weighted by Crippen LogP contribution is 2.14. The van der Waals surface area contributed by atoms with Gasteiger partial charge in [0, 0.05) is 20.3 Å². The van der Waals surface area contributed by atoms with Gasteiger partial charge in [0.15, 0.2) is 0 Å². The molecule has 0 saturated carbocycles. The normalized spacial score (nSPS) is 11.2. The summed E-state index contributed by atoms with van der Waals surface area (Å²) in [6.45, 7) is 2.06. The molecule has 1 rings (SSSR count). The van der Waals surface area contributed by atoms with E-state index in [0.29, 0.717) is 17.9 Å². The van der Waals surface area contributed by atoms with Gasteiger partial charge in [0.1, 0.15) is 10.7 Å². The lowest BCUT2D eigenvalue weighted by Crippen LogP contribution is -2.12. The van der Waals surface area contributed by atoms with Gasteiger partial charge in [0.2, 0.25) is 0 Å². The number of ether oxygens (including phenoxy) is 1. The molecule has 0 aromatic carbocycles. The van der Waals surface area contributed by atoms with Crippen molar-refractivity contribution in [3.63, 3.8) is 0 Å². The second-order valence-electron chi connectivity index (χ2n) is 3.45. The third-order valence-corrected chi connectivity index (χ3v) is 1.97. The minimum absolute atomic E-state index is 0.279. The summed E-state index contributed by atoms with van der Waals surface area (Å²) in [4.78, 5) is 21.4. The Kier molecular flexibility index (Phi) is 4.90. The first-order valence-corrected chi connectivity index (χ1v) is 5.45. The van der Waals surface area contributed by atoms with Crippen molar-refractivity contribution in [3.8, 4) is 0 Å².